The highest BCUT2D eigenvalue weighted by molar-refractivity contribution is 5.95. The number of aromatic nitrogens is 2. The zero-order valence-electron chi connectivity index (χ0n) is 16.1. The molecule has 144 valence electrons. The lowest BCUT2D eigenvalue weighted by molar-refractivity contribution is -0.0391. The van der Waals surface area contributed by atoms with Crippen LogP contribution in [0.5, 0.6) is 5.88 Å². The van der Waals surface area contributed by atoms with Gasteiger partial charge >= 0.3 is 0 Å². The summed E-state index contributed by atoms with van der Waals surface area (Å²) < 4.78 is 5.27. The molecule has 2 heterocycles. The summed E-state index contributed by atoms with van der Waals surface area (Å²) in [4.78, 5) is 25.2. The summed E-state index contributed by atoms with van der Waals surface area (Å²) in [7, 11) is 5.40. The van der Waals surface area contributed by atoms with Crippen molar-refractivity contribution in [3.05, 3.63) is 42.2 Å². The first kappa shape index (κ1) is 19.3. The second-order valence-corrected chi connectivity index (χ2v) is 7.29. The summed E-state index contributed by atoms with van der Waals surface area (Å²) in [5, 5.41) is 10.8. The van der Waals surface area contributed by atoms with Crippen LogP contribution in [0, 0.1) is 0 Å². The van der Waals surface area contributed by atoms with Crippen molar-refractivity contribution in [1.29, 1.82) is 0 Å². The number of aliphatic hydroxyl groups is 1. The quantitative estimate of drug-likeness (QED) is 0.863. The first-order valence-electron chi connectivity index (χ1n) is 9.04. The number of piperidine rings is 1. The van der Waals surface area contributed by atoms with Crippen molar-refractivity contribution in [2.24, 2.45) is 0 Å². The molecule has 1 aliphatic heterocycles. The number of rotatable bonds is 5. The Morgan fingerprint density at radius 3 is 2.85 bits per heavy atom. The lowest BCUT2D eigenvalue weighted by Crippen LogP contribution is -2.54. The number of ether oxygens (including phenoxy) is 1. The first-order valence-corrected chi connectivity index (χ1v) is 9.04. The Labute approximate surface area is 159 Å². The molecule has 0 unspecified atom stereocenters. The van der Waals surface area contributed by atoms with E-state index in [-0.39, 0.29) is 5.91 Å². The van der Waals surface area contributed by atoms with Crippen LogP contribution >= 0.6 is 0 Å². The van der Waals surface area contributed by atoms with E-state index in [9.17, 15) is 9.90 Å². The van der Waals surface area contributed by atoms with Crippen LogP contribution in [0.4, 0.5) is 0 Å². The van der Waals surface area contributed by atoms with E-state index in [2.05, 4.69) is 9.97 Å². The average molecular weight is 370 g/mol. The predicted octanol–water partition coefficient (Wildman–Crippen LogP) is 1.68. The number of β-amino-alcohol motifs (C(OH)–C–C–N with tert-alkyl or cyclic N) is 1. The van der Waals surface area contributed by atoms with Gasteiger partial charge in [0.2, 0.25) is 5.88 Å². The third-order valence-electron chi connectivity index (χ3n) is 4.69. The van der Waals surface area contributed by atoms with Crippen molar-refractivity contribution in [1.82, 2.24) is 19.8 Å². The zero-order valence-corrected chi connectivity index (χ0v) is 16.1. The Hall–Kier alpha value is -2.51. The lowest BCUT2D eigenvalue weighted by atomic mass is 9.92. The highest BCUT2D eigenvalue weighted by atomic mass is 16.5. The molecule has 1 atom stereocenters. The number of carbonyl (C=O) groups is 1. The van der Waals surface area contributed by atoms with Gasteiger partial charge < -0.3 is 19.6 Å². The summed E-state index contributed by atoms with van der Waals surface area (Å²) in [6.07, 6.45) is 4.65. The Morgan fingerprint density at radius 1 is 1.33 bits per heavy atom. The van der Waals surface area contributed by atoms with E-state index in [0.717, 1.165) is 12.0 Å². The topological polar surface area (TPSA) is 78.8 Å². The Kier molecular flexibility index (Phi) is 5.72. The number of amides is 1. The molecular formula is C20H26N4O3. The van der Waals surface area contributed by atoms with E-state index in [1.807, 2.05) is 31.1 Å². The average Bonchev–Trinajstić information content (AvgIpc) is 2.66. The maximum absolute atomic E-state index is 13.0. The van der Waals surface area contributed by atoms with Crippen LogP contribution in [0.3, 0.4) is 0 Å². The lowest BCUT2D eigenvalue weighted by Gasteiger charge is -2.40. The predicted molar refractivity (Wildman–Crippen MR) is 103 cm³/mol. The molecule has 1 aliphatic rings. The van der Waals surface area contributed by atoms with Gasteiger partial charge in [-0.15, -0.1) is 0 Å². The molecule has 0 spiro atoms. The Morgan fingerprint density at radius 2 is 2.11 bits per heavy atom. The first-order chi connectivity index (χ1) is 12.9. The molecule has 7 nitrogen and oxygen atoms in total. The van der Waals surface area contributed by atoms with E-state index < -0.39 is 5.60 Å². The molecule has 2 aromatic rings. The standard InChI is InChI=1S/C20H26N4O3/c1-23(2)13-20(26)8-5-11-24(14-20)19(25)16-7-4-6-15(12-16)17-18(27-3)22-10-9-21-17/h4,6-7,9-10,12,26H,5,8,11,13-14H2,1-3H3/t20-/m1/s1. The number of carbonyl (C=O) groups excluding carboxylic acids is 1. The van der Waals surface area contributed by atoms with Gasteiger partial charge in [-0.1, -0.05) is 12.1 Å². The van der Waals surface area contributed by atoms with Crippen molar-refractivity contribution in [3.8, 4) is 17.1 Å². The fraction of sp³-hybridized carbons (Fsp3) is 0.450. The SMILES string of the molecule is COc1nccnc1-c1cccc(C(=O)N2CCC[C@@](O)(CN(C)C)C2)c1. The molecule has 0 aliphatic carbocycles. The minimum Gasteiger partial charge on any atom is -0.479 e. The highest BCUT2D eigenvalue weighted by Crippen LogP contribution is 2.27. The van der Waals surface area contributed by atoms with Gasteiger partial charge in [0, 0.05) is 36.6 Å². The number of likely N-dealkylation sites (tertiary alicyclic amines) is 1. The minimum atomic E-state index is -0.872. The molecule has 0 bridgehead atoms. The second-order valence-electron chi connectivity index (χ2n) is 7.29. The van der Waals surface area contributed by atoms with E-state index in [0.29, 0.717) is 43.2 Å². The smallest absolute Gasteiger partial charge is 0.253 e. The van der Waals surface area contributed by atoms with E-state index in [1.165, 1.54) is 0 Å². The van der Waals surface area contributed by atoms with Gasteiger partial charge in [0.25, 0.3) is 5.91 Å². The highest BCUT2D eigenvalue weighted by Gasteiger charge is 2.35. The minimum absolute atomic E-state index is 0.0865. The summed E-state index contributed by atoms with van der Waals surface area (Å²) in [6.45, 7) is 1.52. The summed E-state index contributed by atoms with van der Waals surface area (Å²) in [5.74, 6) is 0.331. The fourth-order valence-corrected chi connectivity index (χ4v) is 3.66. The van der Waals surface area contributed by atoms with Gasteiger partial charge in [-0.25, -0.2) is 9.97 Å². The van der Waals surface area contributed by atoms with Gasteiger partial charge in [0.1, 0.15) is 5.69 Å². The number of hydrogen-bond acceptors (Lipinski definition) is 6. The van der Waals surface area contributed by atoms with Crippen LogP contribution in [0.1, 0.15) is 23.2 Å². The van der Waals surface area contributed by atoms with Crippen LogP contribution in [0.25, 0.3) is 11.3 Å². The van der Waals surface area contributed by atoms with Crippen molar-refractivity contribution in [2.75, 3.05) is 40.8 Å². The van der Waals surface area contributed by atoms with Crippen molar-refractivity contribution >= 4 is 5.91 Å². The Balaban J connectivity index is 1.83. The molecule has 1 amide bonds. The van der Waals surface area contributed by atoms with E-state index >= 15 is 0 Å². The monoisotopic (exact) mass is 370 g/mol. The molecule has 1 aromatic carbocycles. The van der Waals surface area contributed by atoms with Crippen LogP contribution in [-0.4, -0.2) is 77.2 Å². The molecule has 1 fully saturated rings. The molecule has 0 radical (unpaired) electrons. The normalized spacial score (nSPS) is 20.0. The maximum atomic E-state index is 13.0. The molecule has 7 heteroatoms. The van der Waals surface area contributed by atoms with E-state index in [1.54, 1.807) is 36.5 Å². The summed E-state index contributed by atoms with van der Waals surface area (Å²) in [6, 6.07) is 7.29. The van der Waals surface area contributed by atoms with Crippen molar-refractivity contribution in [3.63, 3.8) is 0 Å². The van der Waals surface area contributed by atoms with Crippen molar-refractivity contribution in [2.45, 2.75) is 18.4 Å². The fourth-order valence-electron chi connectivity index (χ4n) is 3.66. The molecule has 1 aromatic heterocycles. The summed E-state index contributed by atoms with van der Waals surface area (Å²) >= 11 is 0. The number of likely N-dealkylation sites (N-methyl/N-ethyl adjacent to an activating group) is 1. The zero-order chi connectivity index (χ0) is 19.4. The molecule has 27 heavy (non-hydrogen) atoms. The second kappa shape index (κ2) is 8.02. The van der Waals surface area contributed by atoms with Crippen LogP contribution in [-0.2, 0) is 0 Å². The molecule has 0 saturated carbocycles. The third-order valence-corrected chi connectivity index (χ3v) is 4.69. The van der Waals surface area contributed by atoms with Crippen LogP contribution < -0.4 is 4.74 Å². The van der Waals surface area contributed by atoms with Gasteiger partial charge in [-0.05, 0) is 39.1 Å². The van der Waals surface area contributed by atoms with Crippen LogP contribution in [0.15, 0.2) is 36.7 Å². The third kappa shape index (κ3) is 4.43. The molecular weight excluding hydrogens is 344 g/mol. The van der Waals surface area contributed by atoms with Gasteiger partial charge in [-0.2, -0.15) is 0 Å². The van der Waals surface area contributed by atoms with Gasteiger partial charge in [-0.3, -0.25) is 4.79 Å². The number of nitrogens with zero attached hydrogens (tertiary/aromatic N) is 4. The van der Waals surface area contributed by atoms with Gasteiger partial charge in [0.15, 0.2) is 0 Å². The van der Waals surface area contributed by atoms with Crippen LogP contribution in [0.2, 0.25) is 0 Å². The number of methoxy groups -OCH3 is 1. The largest absolute Gasteiger partial charge is 0.479 e. The van der Waals surface area contributed by atoms with Gasteiger partial charge in [0.05, 0.1) is 19.3 Å². The maximum Gasteiger partial charge on any atom is 0.253 e. The number of benzene rings is 1. The number of hydrogen-bond donors (Lipinski definition) is 1. The molecule has 1 N–H and O–H groups in total. The molecule has 3 rings (SSSR count). The Bertz CT molecular complexity index is 811. The summed E-state index contributed by atoms with van der Waals surface area (Å²) in [5.41, 5.74) is 1.06. The van der Waals surface area contributed by atoms with E-state index in [4.69, 9.17) is 4.74 Å². The molecule has 1 saturated heterocycles. The van der Waals surface area contributed by atoms with Crippen molar-refractivity contribution < 1.29 is 14.6 Å².